The summed E-state index contributed by atoms with van der Waals surface area (Å²) in [5, 5.41) is 15.4. The molecule has 2 aromatic rings. The van der Waals surface area contributed by atoms with Crippen molar-refractivity contribution in [1.29, 1.82) is 5.26 Å². The average Bonchev–Trinajstić information content (AvgIpc) is 3.12. The predicted octanol–water partition coefficient (Wildman–Crippen LogP) is 4.94. The van der Waals surface area contributed by atoms with Crippen molar-refractivity contribution in [3.05, 3.63) is 39.7 Å². The van der Waals surface area contributed by atoms with Crippen LogP contribution in [0.5, 0.6) is 0 Å². The number of nitrogens with one attached hydrogen (secondary N) is 1. The third kappa shape index (κ3) is 3.22. The second-order valence-corrected chi connectivity index (χ2v) is 7.47. The van der Waals surface area contributed by atoms with Gasteiger partial charge in [0, 0.05) is 23.1 Å². The minimum atomic E-state index is 0.0777. The molecule has 5 heteroatoms. The molecule has 2 aliphatic rings. The summed E-state index contributed by atoms with van der Waals surface area (Å²) in [4.78, 5) is 16.2. The lowest BCUT2D eigenvalue weighted by Crippen LogP contribution is -2.18. The summed E-state index contributed by atoms with van der Waals surface area (Å²) in [5.41, 5.74) is 6.05. The number of allylic oxidation sites excluding steroid dienone is 2. The molecule has 1 aromatic heterocycles. The Kier molecular flexibility index (Phi) is 4.37. The molecule has 1 fully saturated rings. The van der Waals surface area contributed by atoms with E-state index in [-0.39, 0.29) is 5.91 Å². The van der Waals surface area contributed by atoms with Gasteiger partial charge in [-0.2, -0.15) is 5.26 Å². The lowest BCUT2D eigenvalue weighted by molar-refractivity contribution is -0.116. The molecule has 1 amide bonds. The van der Waals surface area contributed by atoms with Crippen LogP contribution >= 0.6 is 11.3 Å². The number of anilines is 1. The first-order chi connectivity index (χ1) is 12.2. The predicted molar refractivity (Wildman–Crippen MR) is 100 cm³/mol. The van der Waals surface area contributed by atoms with Crippen molar-refractivity contribution >= 4 is 28.5 Å². The van der Waals surface area contributed by atoms with Crippen LogP contribution in [-0.2, 0) is 11.2 Å². The number of amides is 1. The number of hydrogen-bond donors (Lipinski definition) is 1. The lowest BCUT2D eigenvalue weighted by Gasteiger charge is -2.17. The first-order valence-electron chi connectivity index (χ1n) is 8.76. The summed E-state index contributed by atoms with van der Waals surface area (Å²) >= 11 is 1.55. The number of nitrogens with zero attached hydrogens (tertiary/aromatic N) is 2. The van der Waals surface area contributed by atoms with E-state index in [1.54, 1.807) is 11.3 Å². The maximum absolute atomic E-state index is 11.5. The van der Waals surface area contributed by atoms with Gasteiger partial charge in [0.1, 0.15) is 11.1 Å². The number of nitriles is 1. The quantitative estimate of drug-likeness (QED) is 0.781. The molecule has 126 valence electrons. The standard InChI is InChI=1S/C20H19N3OS/c21-11-16(13-4-2-1-3-5-13)20-23-18(12-25-20)15-6-8-17-14(10-15)7-9-19(24)22-17/h6,8,10,12H,1-5,7,9H2,(H,22,24). The van der Waals surface area contributed by atoms with Crippen LogP contribution in [0.1, 0.15) is 49.1 Å². The summed E-state index contributed by atoms with van der Waals surface area (Å²) in [6, 6.07) is 8.43. The molecule has 25 heavy (non-hydrogen) atoms. The molecule has 0 unspecified atom stereocenters. The molecule has 0 radical (unpaired) electrons. The monoisotopic (exact) mass is 349 g/mol. The fraction of sp³-hybridized carbons (Fsp3) is 0.350. The van der Waals surface area contributed by atoms with Gasteiger partial charge >= 0.3 is 0 Å². The van der Waals surface area contributed by atoms with Crippen LogP contribution < -0.4 is 5.32 Å². The van der Waals surface area contributed by atoms with Gasteiger partial charge in [-0.05, 0) is 55.4 Å². The zero-order chi connectivity index (χ0) is 17.2. The Bertz CT molecular complexity index is 896. The van der Waals surface area contributed by atoms with Crippen LogP contribution in [0, 0.1) is 11.3 Å². The number of aromatic nitrogens is 1. The van der Waals surface area contributed by atoms with Crippen molar-refractivity contribution < 1.29 is 4.79 Å². The highest BCUT2D eigenvalue weighted by molar-refractivity contribution is 7.11. The highest BCUT2D eigenvalue weighted by atomic mass is 32.1. The van der Waals surface area contributed by atoms with Crippen molar-refractivity contribution in [3.8, 4) is 17.3 Å². The van der Waals surface area contributed by atoms with Crippen molar-refractivity contribution in [1.82, 2.24) is 4.98 Å². The zero-order valence-electron chi connectivity index (χ0n) is 14.0. The number of fused-ring (bicyclic) bond motifs is 1. The lowest BCUT2D eigenvalue weighted by atomic mass is 9.91. The molecular weight excluding hydrogens is 330 g/mol. The van der Waals surface area contributed by atoms with E-state index in [0.717, 1.165) is 52.4 Å². The minimum absolute atomic E-state index is 0.0777. The minimum Gasteiger partial charge on any atom is -0.326 e. The number of aryl methyl sites for hydroxylation is 1. The van der Waals surface area contributed by atoms with Gasteiger partial charge in [-0.1, -0.05) is 12.5 Å². The zero-order valence-corrected chi connectivity index (χ0v) is 14.8. The van der Waals surface area contributed by atoms with E-state index >= 15 is 0 Å². The first-order valence-corrected chi connectivity index (χ1v) is 9.64. The Hall–Kier alpha value is -2.45. The van der Waals surface area contributed by atoms with Gasteiger partial charge in [-0.25, -0.2) is 4.98 Å². The number of hydrogen-bond acceptors (Lipinski definition) is 4. The number of rotatable bonds is 2. The van der Waals surface area contributed by atoms with E-state index in [2.05, 4.69) is 17.5 Å². The molecule has 1 aliphatic carbocycles. The van der Waals surface area contributed by atoms with Gasteiger partial charge < -0.3 is 5.32 Å². The highest BCUT2D eigenvalue weighted by Crippen LogP contribution is 2.34. The Morgan fingerprint density at radius 2 is 2.00 bits per heavy atom. The Morgan fingerprint density at radius 1 is 1.16 bits per heavy atom. The normalized spacial score (nSPS) is 16.8. The van der Waals surface area contributed by atoms with Gasteiger partial charge in [0.2, 0.25) is 5.91 Å². The molecule has 0 spiro atoms. The Balaban J connectivity index is 1.65. The first kappa shape index (κ1) is 16.0. The maximum Gasteiger partial charge on any atom is 0.224 e. The molecular formula is C20H19N3OS. The van der Waals surface area contributed by atoms with Crippen molar-refractivity contribution in [3.63, 3.8) is 0 Å². The Labute approximate surface area is 151 Å². The summed E-state index contributed by atoms with van der Waals surface area (Å²) in [7, 11) is 0. The molecule has 1 aliphatic heterocycles. The largest absolute Gasteiger partial charge is 0.326 e. The van der Waals surface area contributed by atoms with Crippen LogP contribution in [0.2, 0.25) is 0 Å². The fourth-order valence-electron chi connectivity index (χ4n) is 3.57. The van der Waals surface area contributed by atoms with Crippen molar-refractivity contribution in [2.45, 2.75) is 44.9 Å². The number of carbonyl (C=O) groups is 1. The average molecular weight is 349 g/mol. The highest BCUT2D eigenvalue weighted by Gasteiger charge is 2.18. The van der Waals surface area contributed by atoms with Crippen LogP contribution in [0.4, 0.5) is 5.69 Å². The van der Waals surface area contributed by atoms with Gasteiger partial charge in [0.25, 0.3) is 0 Å². The van der Waals surface area contributed by atoms with Crippen LogP contribution in [-0.4, -0.2) is 10.9 Å². The van der Waals surface area contributed by atoms with Crippen molar-refractivity contribution in [2.24, 2.45) is 0 Å². The smallest absolute Gasteiger partial charge is 0.224 e. The molecule has 4 nitrogen and oxygen atoms in total. The molecule has 1 saturated carbocycles. The Morgan fingerprint density at radius 3 is 2.80 bits per heavy atom. The van der Waals surface area contributed by atoms with E-state index in [1.807, 2.05) is 17.5 Å². The van der Waals surface area contributed by atoms with Crippen LogP contribution in [0.3, 0.4) is 0 Å². The summed E-state index contributed by atoms with van der Waals surface area (Å²) in [6.07, 6.45) is 6.96. The van der Waals surface area contributed by atoms with Crippen LogP contribution in [0.25, 0.3) is 16.8 Å². The molecule has 0 saturated heterocycles. The molecule has 0 atom stereocenters. The van der Waals surface area contributed by atoms with E-state index < -0.39 is 0 Å². The number of carbonyl (C=O) groups excluding carboxylic acids is 1. The molecule has 1 aromatic carbocycles. The van der Waals surface area contributed by atoms with Gasteiger partial charge in [0.15, 0.2) is 0 Å². The topological polar surface area (TPSA) is 65.8 Å². The molecule has 1 N–H and O–H groups in total. The van der Waals surface area contributed by atoms with Crippen molar-refractivity contribution in [2.75, 3.05) is 5.32 Å². The number of thiazole rings is 1. The van der Waals surface area contributed by atoms with E-state index in [0.29, 0.717) is 6.42 Å². The summed E-state index contributed by atoms with van der Waals surface area (Å²) in [6.45, 7) is 0. The number of benzene rings is 1. The fourth-order valence-corrected chi connectivity index (χ4v) is 4.44. The summed E-state index contributed by atoms with van der Waals surface area (Å²) < 4.78 is 0. The van der Waals surface area contributed by atoms with Gasteiger partial charge in [-0.15, -0.1) is 11.3 Å². The van der Waals surface area contributed by atoms with E-state index in [9.17, 15) is 10.1 Å². The third-order valence-electron chi connectivity index (χ3n) is 4.94. The SMILES string of the molecule is N#CC(=C1CCCCC1)c1nc(-c2ccc3c(c2)CCC(=O)N3)cs1. The van der Waals surface area contributed by atoms with E-state index in [1.165, 1.54) is 24.8 Å². The summed E-state index contributed by atoms with van der Waals surface area (Å²) in [5.74, 6) is 0.0777. The maximum atomic E-state index is 11.5. The van der Waals surface area contributed by atoms with Gasteiger partial charge in [-0.3, -0.25) is 4.79 Å². The second kappa shape index (κ2) is 6.81. The van der Waals surface area contributed by atoms with Crippen LogP contribution in [0.15, 0.2) is 29.2 Å². The third-order valence-corrected chi connectivity index (χ3v) is 5.80. The molecule has 0 bridgehead atoms. The second-order valence-electron chi connectivity index (χ2n) is 6.61. The van der Waals surface area contributed by atoms with Gasteiger partial charge in [0.05, 0.1) is 11.3 Å². The molecule has 2 heterocycles. The molecule has 4 rings (SSSR count). The van der Waals surface area contributed by atoms with E-state index in [4.69, 9.17) is 4.98 Å².